The van der Waals surface area contributed by atoms with Crippen LogP contribution in [0.2, 0.25) is 0 Å². The average Bonchev–Trinajstić information content (AvgIpc) is 2.61. The number of benzene rings is 2. The second-order valence-corrected chi connectivity index (χ2v) is 4.94. The molecule has 0 aliphatic carbocycles. The largest absolute Gasteiger partial charge is 0.497 e. The van der Waals surface area contributed by atoms with Crippen LogP contribution in [0.1, 0.15) is 11.1 Å². The maximum Gasteiger partial charge on any atom is 0.211 e. The van der Waals surface area contributed by atoms with E-state index in [0.29, 0.717) is 12.3 Å². The van der Waals surface area contributed by atoms with Gasteiger partial charge in [0.2, 0.25) is 5.96 Å². The molecule has 0 amide bonds. The minimum Gasteiger partial charge on any atom is -0.497 e. The predicted octanol–water partition coefficient (Wildman–Crippen LogP) is 1.21. The van der Waals surface area contributed by atoms with E-state index < -0.39 is 0 Å². The number of nitrogens with two attached hydrogens (primary N) is 3. The molecule has 7 heteroatoms. The van der Waals surface area contributed by atoms with Crippen LogP contribution in [0.15, 0.2) is 58.7 Å². The first-order chi connectivity index (χ1) is 11.6. The molecular formula is C17H21N5O2. The average molecular weight is 327 g/mol. The monoisotopic (exact) mass is 327 g/mol. The summed E-state index contributed by atoms with van der Waals surface area (Å²) in [5.74, 6) is 1.45. The van der Waals surface area contributed by atoms with Gasteiger partial charge >= 0.3 is 0 Å². The van der Waals surface area contributed by atoms with Crippen molar-refractivity contribution >= 4 is 11.7 Å². The van der Waals surface area contributed by atoms with Gasteiger partial charge in [0.15, 0.2) is 0 Å². The van der Waals surface area contributed by atoms with E-state index >= 15 is 0 Å². The summed E-state index contributed by atoms with van der Waals surface area (Å²) in [6.45, 7) is 0.692. The van der Waals surface area contributed by atoms with Gasteiger partial charge in [-0.1, -0.05) is 12.1 Å². The Labute approximate surface area is 140 Å². The Hall–Kier alpha value is -3.06. The summed E-state index contributed by atoms with van der Waals surface area (Å²) in [6, 6.07) is 15.1. The number of methoxy groups -OCH3 is 1. The molecule has 0 unspecified atom stereocenters. The van der Waals surface area contributed by atoms with Gasteiger partial charge in [-0.2, -0.15) is 5.10 Å². The summed E-state index contributed by atoms with van der Waals surface area (Å²) in [4.78, 5) is 0. The molecule has 2 rings (SSSR count). The Morgan fingerprint density at radius 3 is 2.08 bits per heavy atom. The van der Waals surface area contributed by atoms with Crippen molar-refractivity contribution in [2.75, 3.05) is 13.7 Å². The summed E-state index contributed by atoms with van der Waals surface area (Å²) >= 11 is 0. The van der Waals surface area contributed by atoms with E-state index in [9.17, 15) is 0 Å². The fourth-order valence-electron chi connectivity index (χ4n) is 1.97. The summed E-state index contributed by atoms with van der Waals surface area (Å²) < 4.78 is 10.9. The quantitative estimate of drug-likeness (QED) is 0.401. The molecule has 0 aliphatic heterocycles. The van der Waals surface area contributed by atoms with Crippen LogP contribution >= 0.6 is 0 Å². The van der Waals surface area contributed by atoms with Crippen molar-refractivity contribution in [2.45, 2.75) is 6.61 Å². The van der Waals surface area contributed by atoms with Gasteiger partial charge in [0, 0.05) is 6.54 Å². The fourth-order valence-corrected chi connectivity index (χ4v) is 1.97. The van der Waals surface area contributed by atoms with Crippen molar-refractivity contribution in [1.29, 1.82) is 0 Å². The van der Waals surface area contributed by atoms with Gasteiger partial charge < -0.3 is 26.7 Å². The van der Waals surface area contributed by atoms with E-state index in [2.05, 4.69) is 10.2 Å². The zero-order chi connectivity index (χ0) is 17.4. The van der Waals surface area contributed by atoms with Crippen molar-refractivity contribution in [3.8, 4) is 11.5 Å². The standard InChI is InChI=1S/C17H21N5O2/c1-23-14-6-2-12(3-7-14)11-24-15-8-4-13(5-9-15)16(10-18)21-22-17(19)20/h2-9H,10-11,18H2,1H3,(H4,19,20,22)/b21-16+. The zero-order valence-electron chi connectivity index (χ0n) is 13.5. The van der Waals surface area contributed by atoms with Gasteiger partial charge in [-0.05, 0) is 47.5 Å². The Bertz CT molecular complexity index is 705. The first-order valence-electron chi connectivity index (χ1n) is 7.34. The number of rotatable bonds is 7. The maximum absolute atomic E-state index is 5.75. The topological polar surface area (TPSA) is 121 Å². The second-order valence-electron chi connectivity index (χ2n) is 4.94. The Morgan fingerprint density at radius 2 is 1.54 bits per heavy atom. The first-order valence-corrected chi connectivity index (χ1v) is 7.34. The molecule has 0 spiro atoms. The number of nitrogens with zero attached hydrogens (tertiary/aromatic N) is 2. The molecule has 0 fully saturated rings. The Kier molecular flexibility index (Phi) is 6.16. The summed E-state index contributed by atoms with van der Waals surface area (Å²) in [5.41, 5.74) is 18.7. The van der Waals surface area contributed by atoms with Crippen LogP contribution in [-0.2, 0) is 6.61 Å². The summed E-state index contributed by atoms with van der Waals surface area (Å²) in [7, 11) is 1.64. The molecule has 126 valence electrons. The van der Waals surface area contributed by atoms with Crippen LogP contribution < -0.4 is 26.7 Å². The number of hydrogen-bond donors (Lipinski definition) is 3. The van der Waals surface area contributed by atoms with E-state index in [-0.39, 0.29) is 12.5 Å². The smallest absolute Gasteiger partial charge is 0.211 e. The van der Waals surface area contributed by atoms with E-state index in [0.717, 1.165) is 22.6 Å². The van der Waals surface area contributed by atoms with Crippen molar-refractivity contribution in [3.05, 3.63) is 59.7 Å². The van der Waals surface area contributed by atoms with Crippen molar-refractivity contribution in [2.24, 2.45) is 27.4 Å². The second kappa shape index (κ2) is 8.54. The van der Waals surface area contributed by atoms with Gasteiger partial charge in [0.05, 0.1) is 12.8 Å². The molecule has 0 radical (unpaired) electrons. The lowest BCUT2D eigenvalue weighted by Gasteiger charge is -2.08. The highest BCUT2D eigenvalue weighted by molar-refractivity contribution is 6.02. The molecule has 0 saturated heterocycles. The van der Waals surface area contributed by atoms with Gasteiger partial charge in [-0.15, -0.1) is 5.10 Å². The lowest BCUT2D eigenvalue weighted by molar-refractivity contribution is 0.306. The third-order valence-electron chi connectivity index (χ3n) is 3.23. The molecule has 0 atom stereocenters. The van der Waals surface area contributed by atoms with Gasteiger partial charge in [0.1, 0.15) is 18.1 Å². The highest BCUT2D eigenvalue weighted by Gasteiger charge is 2.03. The third kappa shape index (κ3) is 4.99. The zero-order valence-corrected chi connectivity index (χ0v) is 13.5. The molecule has 2 aromatic rings. The van der Waals surface area contributed by atoms with E-state index in [1.54, 1.807) is 7.11 Å². The Morgan fingerprint density at radius 1 is 0.917 bits per heavy atom. The number of guanidine groups is 1. The first kappa shape index (κ1) is 17.3. The van der Waals surface area contributed by atoms with Crippen LogP contribution in [0.4, 0.5) is 0 Å². The van der Waals surface area contributed by atoms with Crippen LogP contribution in [0.5, 0.6) is 11.5 Å². The lowest BCUT2D eigenvalue weighted by atomic mass is 10.1. The number of ether oxygens (including phenoxy) is 2. The lowest BCUT2D eigenvalue weighted by Crippen LogP contribution is -2.23. The maximum atomic E-state index is 5.75. The minimum atomic E-state index is -0.111. The van der Waals surface area contributed by atoms with E-state index in [1.165, 1.54) is 0 Å². The molecule has 6 N–H and O–H groups in total. The van der Waals surface area contributed by atoms with Crippen LogP contribution in [-0.4, -0.2) is 25.3 Å². The molecule has 0 bridgehead atoms. The van der Waals surface area contributed by atoms with Crippen LogP contribution in [0.3, 0.4) is 0 Å². The fraction of sp³-hybridized carbons (Fsp3) is 0.176. The number of hydrogen-bond acceptors (Lipinski definition) is 5. The molecule has 7 nitrogen and oxygen atoms in total. The Balaban J connectivity index is 2.00. The minimum absolute atomic E-state index is 0.111. The molecule has 0 aromatic heterocycles. The highest BCUT2D eigenvalue weighted by atomic mass is 16.5. The molecule has 0 heterocycles. The van der Waals surface area contributed by atoms with Gasteiger partial charge in [0.25, 0.3) is 0 Å². The predicted molar refractivity (Wildman–Crippen MR) is 95.2 cm³/mol. The summed E-state index contributed by atoms with van der Waals surface area (Å²) in [5, 5.41) is 7.55. The molecule has 24 heavy (non-hydrogen) atoms. The molecule has 0 aliphatic rings. The van der Waals surface area contributed by atoms with Crippen LogP contribution in [0, 0.1) is 0 Å². The SMILES string of the molecule is COc1ccc(COc2ccc(/C(CN)=N/N=C(N)N)cc2)cc1. The van der Waals surface area contributed by atoms with Crippen LogP contribution in [0.25, 0.3) is 0 Å². The van der Waals surface area contributed by atoms with Crippen molar-refractivity contribution in [1.82, 2.24) is 0 Å². The van der Waals surface area contributed by atoms with Gasteiger partial charge in [-0.25, -0.2) is 0 Å². The van der Waals surface area contributed by atoms with Gasteiger partial charge in [-0.3, -0.25) is 0 Å². The van der Waals surface area contributed by atoms with E-state index in [1.807, 2.05) is 48.5 Å². The third-order valence-corrected chi connectivity index (χ3v) is 3.23. The van der Waals surface area contributed by atoms with Crippen molar-refractivity contribution in [3.63, 3.8) is 0 Å². The summed E-state index contributed by atoms with van der Waals surface area (Å²) in [6.07, 6.45) is 0. The normalized spacial score (nSPS) is 11.0. The van der Waals surface area contributed by atoms with E-state index in [4.69, 9.17) is 26.7 Å². The van der Waals surface area contributed by atoms with Crippen molar-refractivity contribution < 1.29 is 9.47 Å². The highest BCUT2D eigenvalue weighted by Crippen LogP contribution is 2.16. The molecule has 0 saturated carbocycles. The molecule has 2 aromatic carbocycles. The molecular weight excluding hydrogens is 306 g/mol.